The first kappa shape index (κ1) is 30.2. The van der Waals surface area contributed by atoms with E-state index >= 15 is 0 Å². The van der Waals surface area contributed by atoms with E-state index in [1.165, 1.54) is 29.7 Å². The number of aromatic nitrogens is 1. The van der Waals surface area contributed by atoms with E-state index in [-0.39, 0.29) is 18.3 Å². The van der Waals surface area contributed by atoms with Crippen LogP contribution in [-0.4, -0.2) is 23.7 Å². The van der Waals surface area contributed by atoms with Crippen molar-refractivity contribution < 1.29 is 18.7 Å². The van der Waals surface area contributed by atoms with Crippen molar-refractivity contribution in [3.05, 3.63) is 122 Å². The van der Waals surface area contributed by atoms with E-state index in [0.717, 1.165) is 27.6 Å². The number of hydrazone groups is 1. The summed E-state index contributed by atoms with van der Waals surface area (Å²) < 4.78 is 25.6. The van der Waals surface area contributed by atoms with Crippen molar-refractivity contribution in [2.75, 3.05) is 11.9 Å². The van der Waals surface area contributed by atoms with Crippen molar-refractivity contribution in [2.24, 2.45) is 5.10 Å². The number of thiazole rings is 1. The molecule has 11 heteroatoms. The minimum absolute atomic E-state index is 0.241. The number of anilines is 2. The molecule has 7 nitrogen and oxygen atoms in total. The molecule has 0 fully saturated rings. The number of rotatable bonds is 11. The van der Waals surface area contributed by atoms with E-state index in [4.69, 9.17) is 21.1 Å². The van der Waals surface area contributed by atoms with Crippen molar-refractivity contribution in [2.45, 2.75) is 13.5 Å². The van der Waals surface area contributed by atoms with Crippen LogP contribution in [0.3, 0.4) is 0 Å². The van der Waals surface area contributed by atoms with E-state index in [2.05, 4.69) is 36.8 Å². The summed E-state index contributed by atoms with van der Waals surface area (Å²) in [5.41, 5.74) is 7.10. The van der Waals surface area contributed by atoms with Crippen LogP contribution in [0.4, 0.5) is 15.2 Å². The normalized spacial score (nSPS) is 11.0. The Balaban J connectivity index is 1.19. The molecule has 0 atom stereocenters. The van der Waals surface area contributed by atoms with Gasteiger partial charge in [-0.3, -0.25) is 4.79 Å². The average molecular weight is 680 g/mol. The first-order valence-electron chi connectivity index (χ1n) is 13.1. The fourth-order valence-electron chi connectivity index (χ4n) is 3.94. The zero-order valence-corrected chi connectivity index (χ0v) is 26.0. The summed E-state index contributed by atoms with van der Waals surface area (Å²) in [7, 11) is 0. The molecule has 0 aliphatic heterocycles. The van der Waals surface area contributed by atoms with Gasteiger partial charge in [0.15, 0.2) is 16.6 Å². The minimum atomic E-state index is -0.352. The summed E-state index contributed by atoms with van der Waals surface area (Å²) in [4.78, 5) is 17.3. The number of carbonyl (C=O) groups excluding carboxylic acids is 1. The van der Waals surface area contributed by atoms with E-state index < -0.39 is 0 Å². The highest BCUT2D eigenvalue weighted by molar-refractivity contribution is 9.10. The van der Waals surface area contributed by atoms with Crippen LogP contribution in [0, 0.1) is 5.82 Å². The van der Waals surface area contributed by atoms with Gasteiger partial charge in [-0.05, 0) is 94.6 Å². The van der Waals surface area contributed by atoms with Gasteiger partial charge in [0, 0.05) is 27.2 Å². The molecule has 0 aliphatic rings. The zero-order valence-electron chi connectivity index (χ0n) is 22.8. The first-order valence-corrected chi connectivity index (χ1v) is 15.2. The molecule has 0 radical (unpaired) electrons. The fraction of sp³-hybridized carbons (Fsp3) is 0.0938. The molecule has 0 aliphatic carbocycles. The molecule has 5 rings (SSSR count). The highest BCUT2D eigenvalue weighted by Gasteiger charge is 2.13. The van der Waals surface area contributed by atoms with Crippen molar-refractivity contribution in [1.82, 2.24) is 10.4 Å². The predicted octanol–water partition coefficient (Wildman–Crippen LogP) is 8.85. The lowest BCUT2D eigenvalue weighted by Crippen LogP contribution is -2.17. The standard InChI is InChI=1S/C32H25BrClFN4O3S/c1-2-41-29-16-21(15-27(33)30(29)42-18-20-3-11-25(35)12-4-20)17-36-39-31(40)23-7-5-22(6-8-23)28-19-43-32(38-28)37-26-13-9-24(34)10-14-26/h3-17,19H,2,18H2,1H3,(H,37,38)(H,39,40). The number of amides is 1. The van der Waals surface area contributed by atoms with E-state index in [1.807, 2.05) is 48.7 Å². The maximum absolute atomic E-state index is 13.2. The molecule has 4 aromatic carbocycles. The van der Waals surface area contributed by atoms with Crippen molar-refractivity contribution in [1.29, 1.82) is 0 Å². The Hall–Kier alpha value is -4.25. The Morgan fingerprint density at radius 3 is 2.51 bits per heavy atom. The average Bonchev–Trinajstić information content (AvgIpc) is 3.47. The van der Waals surface area contributed by atoms with Gasteiger partial charge < -0.3 is 14.8 Å². The second-order valence-electron chi connectivity index (χ2n) is 9.12. The van der Waals surface area contributed by atoms with Gasteiger partial charge in [0.2, 0.25) is 0 Å². The lowest BCUT2D eigenvalue weighted by Gasteiger charge is -2.14. The van der Waals surface area contributed by atoms with Gasteiger partial charge in [0.1, 0.15) is 12.4 Å². The third-order valence-corrected chi connectivity index (χ3v) is 7.65. The second kappa shape index (κ2) is 14.3. The Bertz CT molecular complexity index is 1730. The van der Waals surface area contributed by atoms with Crippen LogP contribution in [-0.2, 0) is 6.61 Å². The summed E-state index contributed by atoms with van der Waals surface area (Å²) in [6.07, 6.45) is 1.52. The number of hydrogen-bond acceptors (Lipinski definition) is 7. The van der Waals surface area contributed by atoms with Crippen LogP contribution >= 0.6 is 38.9 Å². The SMILES string of the molecule is CCOc1cc(C=NNC(=O)c2ccc(-c3csc(Nc4ccc(Cl)cc4)n3)cc2)cc(Br)c1OCc1ccc(F)cc1. The molecule has 1 aromatic heterocycles. The number of carbonyl (C=O) groups is 1. The van der Waals surface area contributed by atoms with E-state index in [9.17, 15) is 9.18 Å². The summed E-state index contributed by atoms with van der Waals surface area (Å²) in [5, 5.41) is 10.7. The second-order valence-corrected chi connectivity index (χ2v) is 11.3. The quantitative estimate of drug-likeness (QED) is 0.108. The summed E-state index contributed by atoms with van der Waals surface area (Å²) in [6.45, 7) is 2.54. The number of halogens is 3. The number of ether oxygens (including phenoxy) is 2. The van der Waals surface area contributed by atoms with Gasteiger partial charge in [0.05, 0.1) is 23.0 Å². The number of hydrogen-bond donors (Lipinski definition) is 2. The summed E-state index contributed by atoms with van der Waals surface area (Å²) >= 11 is 11.0. The molecule has 5 aromatic rings. The maximum atomic E-state index is 13.2. The van der Waals surface area contributed by atoms with Gasteiger partial charge in [-0.2, -0.15) is 5.10 Å². The van der Waals surface area contributed by atoms with Crippen LogP contribution in [0.15, 0.2) is 99.9 Å². The maximum Gasteiger partial charge on any atom is 0.271 e. The van der Waals surface area contributed by atoms with Gasteiger partial charge >= 0.3 is 0 Å². The van der Waals surface area contributed by atoms with Crippen LogP contribution in [0.5, 0.6) is 11.5 Å². The van der Waals surface area contributed by atoms with E-state index in [1.54, 1.807) is 36.4 Å². The van der Waals surface area contributed by atoms with Crippen LogP contribution in [0.1, 0.15) is 28.4 Å². The molecule has 2 N–H and O–H groups in total. The minimum Gasteiger partial charge on any atom is -0.490 e. The molecule has 0 saturated heterocycles. The van der Waals surface area contributed by atoms with Crippen molar-refractivity contribution in [3.8, 4) is 22.8 Å². The van der Waals surface area contributed by atoms with Crippen LogP contribution in [0.2, 0.25) is 5.02 Å². The third-order valence-electron chi connectivity index (χ3n) is 6.05. The molecule has 1 amide bonds. The van der Waals surface area contributed by atoms with Gasteiger partial charge in [-0.15, -0.1) is 11.3 Å². The number of nitrogens with zero attached hydrogens (tertiary/aromatic N) is 2. The molecule has 218 valence electrons. The Kier molecular flexibility index (Phi) is 10.0. The highest BCUT2D eigenvalue weighted by Crippen LogP contribution is 2.37. The lowest BCUT2D eigenvalue weighted by molar-refractivity contribution is 0.0955. The van der Waals surface area contributed by atoms with Gasteiger partial charge in [0.25, 0.3) is 5.91 Å². The van der Waals surface area contributed by atoms with Crippen molar-refractivity contribution >= 4 is 61.8 Å². The first-order chi connectivity index (χ1) is 20.9. The Morgan fingerprint density at radius 2 is 1.79 bits per heavy atom. The Morgan fingerprint density at radius 1 is 1.05 bits per heavy atom. The smallest absolute Gasteiger partial charge is 0.271 e. The molecule has 1 heterocycles. The molecular weight excluding hydrogens is 655 g/mol. The molecule has 0 saturated carbocycles. The van der Waals surface area contributed by atoms with Crippen molar-refractivity contribution in [3.63, 3.8) is 0 Å². The number of nitrogens with one attached hydrogen (secondary N) is 2. The number of benzene rings is 4. The van der Waals surface area contributed by atoms with Crippen LogP contribution in [0.25, 0.3) is 11.3 Å². The lowest BCUT2D eigenvalue weighted by atomic mass is 10.1. The molecule has 0 spiro atoms. The summed E-state index contributed by atoms with van der Waals surface area (Å²) in [5.74, 6) is 0.368. The molecule has 0 unspecified atom stereocenters. The Labute approximate surface area is 265 Å². The molecular formula is C32H25BrClFN4O3S. The molecule has 43 heavy (non-hydrogen) atoms. The zero-order chi connectivity index (χ0) is 30.2. The van der Waals surface area contributed by atoms with Gasteiger partial charge in [-0.25, -0.2) is 14.8 Å². The van der Waals surface area contributed by atoms with Crippen LogP contribution < -0.4 is 20.2 Å². The third kappa shape index (κ3) is 8.19. The summed E-state index contributed by atoms with van der Waals surface area (Å²) in [6, 6.07) is 24.2. The van der Waals surface area contributed by atoms with E-state index in [0.29, 0.717) is 38.7 Å². The topological polar surface area (TPSA) is 84.8 Å². The highest BCUT2D eigenvalue weighted by atomic mass is 79.9. The monoisotopic (exact) mass is 678 g/mol. The fourth-order valence-corrected chi connectivity index (χ4v) is 5.38. The van der Waals surface area contributed by atoms with Gasteiger partial charge in [-0.1, -0.05) is 35.9 Å². The molecule has 0 bridgehead atoms. The predicted molar refractivity (Wildman–Crippen MR) is 173 cm³/mol. The largest absolute Gasteiger partial charge is 0.490 e.